The Morgan fingerprint density at radius 2 is 1.58 bits per heavy atom. The van der Waals surface area contributed by atoms with E-state index in [0.717, 1.165) is 16.7 Å². The number of primary amides is 1. The smallest absolute Gasteiger partial charge is 0.248 e. The van der Waals surface area contributed by atoms with Gasteiger partial charge in [-0.05, 0) is 73.2 Å². The van der Waals surface area contributed by atoms with Gasteiger partial charge in [-0.3, -0.25) is 19.3 Å². The Morgan fingerprint density at radius 3 is 2.23 bits per heavy atom. The number of rotatable bonds is 7. The SMILES string of the molecule is CCN(C(=O)CC1SC(c2ccc(C#Cc3ccccc3)cc2)N(c2cccc(C(N)=O)c2)C1=O)c1ccc(Cl)c(Cl)c1. The van der Waals surface area contributed by atoms with Gasteiger partial charge < -0.3 is 10.6 Å². The molecule has 1 aliphatic heterocycles. The van der Waals surface area contributed by atoms with Gasteiger partial charge in [0.1, 0.15) is 5.37 Å². The molecule has 6 nitrogen and oxygen atoms in total. The molecular formula is C34H27Cl2N3O3S. The molecular weight excluding hydrogens is 601 g/mol. The lowest BCUT2D eigenvalue weighted by Crippen LogP contribution is -2.36. The van der Waals surface area contributed by atoms with Crippen molar-refractivity contribution < 1.29 is 14.4 Å². The second kappa shape index (κ2) is 13.4. The molecule has 1 aliphatic rings. The number of thioether (sulfide) groups is 1. The minimum atomic E-state index is -0.663. The minimum Gasteiger partial charge on any atom is -0.366 e. The Kier molecular flexibility index (Phi) is 9.42. The van der Waals surface area contributed by atoms with Crippen LogP contribution in [0.15, 0.2) is 97.1 Å². The standard InChI is InChI=1S/C34H27Cl2N3O3S/c1-2-38(26-17-18-28(35)29(36)20-26)31(40)21-30-33(42)39(27-10-6-9-25(19-27)32(37)41)34(43-30)24-15-13-23(14-16-24)12-11-22-7-4-3-5-8-22/h3-10,13-20,30,34H,2,21H2,1H3,(H2,37,41). The van der Waals surface area contributed by atoms with Crippen LogP contribution in [0.3, 0.4) is 0 Å². The Morgan fingerprint density at radius 1 is 0.884 bits per heavy atom. The van der Waals surface area contributed by atoms with Crippen molar-refractivity contribution >= 4 is 64.1 Å². The summed E-state index contributed by atoms with van der Waals surface area (Å²) in [7, 11) is 0. The van der Waals surface area contributed by atoms with Gasteiger partial charge in [-0.25, -0.2) is 0 Å². The molecule has 0 aliphatic carbocycles. The average molecular weight is 629 g/mol. The van der Waals surface area contributed by atoms with E-state index in [1.165, 1.54) is 11.8 Å². The molecule has 3 amide bonds. The van der Waals surface area contributed by atoms with Crippen molar-refractivity contribution in [1.82, 2.24) is 0 Å². The van der Waals surface area contributed by atoms with E-state index < -0.39 is 16.5 Å². The number of hydrogen-bond acceptors (Lipinski definition) is 4. The van der Waals surface area contributed by atoms with Gasteiger partial charge in [0, 0.05) is 41.0 Å². The lowest BCUT2D eigenvalue weighted by molar-refractivity contribution is -0.123. The van der Waals surface area contributed by atoms with Crippen molar-refractivity contribution in [3.05, 3.63) is 129 Å². The van der Waals surface area contributed by atoms with E-state index in [1.54, 1.807) is 52.3 Å². The molecule has 5 rings (SSSR count). The zero-order valence-electron chi connectivity index (χ0n) is 23.2. The topological polar surface area (TPSA) is 83.7 Å². The van der Waals surface area contributed by atoms with Crippen LogP contribution in [-0.2, 0) is 9.59 Å². The zero-order chi connectivity index (χ0) is 30.5. The molecule has 0 bridgehead atoms. The normalized spacial score (nSPS) is 16.0. The Hall–Kier alpha value is -4.22. The number of nitrogens with two attached hydrogens (primary N) is 1. The highest BCUT2D eigenvalue weighted by atomic mass is 35.5. The van der Waals surface area contributed by atoms with Crippen LogP contribution >= 0.6 is 35.0 Å². The molecule has 1 saturated heterocycles. The molecule has 2 N–H and O–H groups in total. The van der Waals surface area contributed by atoms with Gasteiger partial charge >= 0.3 is 0 Å². The van der Waals surface area contributed by atoms with Crippen LogP contribution < -0.4 is 15.5 Å². The molecule has 4 aromatic rings. The first-order chi connectivity index (χ1) is 20.7. The number of hydrogen-bond donors (Lipinski definition) is 1. The number of carbonyl (C=O) groups excluding carboxylic acids is 3. The third-order valence-electron chi connectivity index (χ3n) is 6.96. The van der Waals surface area contributed by atoms with Gasteiger partial charge in [-0.2, -0.15) is 0 Å². The summed E-state index contributed by atoms with van der Waals surface area (Å²) in [6, 6.07) is 29.1. The maximum absolute atomic E-state index is 13.9. The fourth-order valence-electron chi connectivity index (χ4n) is 4.80. The van der Waals surface area contributed by atoms with Crippen LogP contribution in [0.25, 0.3) is 0 Å². The first-order valence-corrected chi connectivity index (χ1v) is 15.3. The molecule has 0 aromatic heterocycles. The monoisotopic (exact) mass is 627 g/mol. The summed E-state index contributed by atoms with van der Waals surface area (Å²) in [5.41, 5.74) is 9.56. The number of carbonyl (C=O) groups is 3. The third-order valence-corrected chi connectivity index (χ3v) is 9.14. The Bertz CT molecular complexity index is 1740. The highest BCUT2D eigenvalue weighted by Crippen LogP contribution is 2.47. The summed E-state index contributed by atoms with van der Waals surface area (Å²) in [6.07, 6.45) is -0.0271. The molecule has 0 saturated carbocycles. The highest BCUT2D eigenvalue weighted by molar-refractivity contribution is 8.01. The van der Waals surface area contributed by atoms with Crippen molar-refractivity contribution in [2.24, 2.45) is 5.73 Å². The molecule has 1 heterocycles. The summed E-state index contributed by atoms with van der Waals surface area (Å²) in [5, 5.41) is -0.368. The van der Waals surface area contributed by atoms with Crippen molar-refractivity contribution in [3.8, 4) is 11.8 Å². The maximum Gasteiger partial charge on any atom is 0.248 e. The molecule has 2 unspecified atom stereocenters. The van der Waals surface area contributed by atoms with E-state index in [-0.39, 0.29) is 23.8 Å². The molecule has 1 fully saturated rings. The van der Waals surface area contributed by atoms with E-state index >= 15 is 0 Å². The van der Waals surface area contributed by atoms with Crippen LogP contribution in [0.5, 0.6) is 0 Å². The number of anilines is 2. The lowest BCUT2D eigenvalue weighted by atomic mass is 10.1. The van der Waals surface area contributed by atoms with E-state index in [9.17, 15) is 14.4 Å². The number of benzene rings is 4. The number of amides is 3. The molecule has 0 radical (unpaired) electrons. The summed E-state index contributed by atoms with van der Waals surface area (Å²) in [4.78, 5) is 42.6. The fraction of sp³-hybridized carbons (Fsp3) is 0.147. The van der Waals surface area contributed by atoms with Crippen LogP contribution in [0.1, 0.15) is 45.8 Å². The third kappa shape index (κ3) is 6.89. The molecule has 43 heavy (non-hydrogen) atoms. The second-order valence-corrected chi connectivity index (χ2v) is 11.9. The number of nitrogens with zero attached hydrogens (tertiary/aromatic N) is 2. The molecule has 0 spiro atoms. The Balaban J connectivity index is 1.44. The largest absolute Gasteiger partial charge is 0.366 e. The first-order valence-electron chi connectivity index (χ1n) is 13.6. The van der Waals surface area contributed by atoms with Gasteiger partial charge in [-0.1, -0.05) is 71.4 Å². The zero-order valence-corrected chi connectivity index (χ0v) is 25.5. The van der Waals surface area contributed by atoms with Crippen molar-refractivity contribution in [3.63, 3.8) is 0 Å². The predicted octanol–water partition coefficient (Wildman–Crippen LogP) is 7.08. The quantitative estimate of drug-likeness (QED) is 0.222. The van der Waals surface area contributed by atoms with Crippen LogP contribution in [0, 0.1) is 11.8 Å². The molecule has 9 heteroatoms. The van der Waals surface area contributed by atoms with Gasteiger partial charge in [0.05, 0.1) is 15.3 Å². The van der Waals surface area contributed by atoms with Crippen LogP contribution in [0.4, 0.5) is 11.4 Å². The Labute approximate surface area is 264 Å². The summed E-state index contributed by atoms with van der Waals surface area (Å²) in [6.45, 7) is 2.25. The fourth-order valence-corrected chi connectivity index (χ4v) is 6.54. The maximum atomic E-state index is 13.9. The molecule has 2 atom stereocenters. The lowest BCUT2D eigenvalue weighted by Gasteiger charge is -2.25. The highest BCUT2D eigenvalue weighted by Gasteiger charge is 2.43. The molecule has 216 valence electrons. The average Bonchev–Trinajstić information content (AvgIpc) is 3.34. The first kappa shape index (κ1) is 30.2. The number of halogens is 2. The second-order valence-electron chi connectivity index (χ2n) is 9.78. The van der Waals surface area contributed by atoms with Crippen LogP contribution in [0.2, 0.25) is 10.0 Å². The van der Waals surface area contributed by atoms with Gasteiger partial charge in [0.2, 0.25) is 17.7 Å². The van der Waals surface area contributed by atoms with Crippen molar-refractivity contribution in [1.29, 1.82) is 0 Å². The minimum absolute atomic E-state index is 0.0271. The summed E-state index contributed by atoms with van der Waals surface area (Å²) >= 11 is 13.7. The predicted molar refractivity (Wildman–Crippen MR) is 175 cm³/mol. The molecule has 4 aromatic carbocycles. The summed E-state index contributed by atoms with van der Waals surface area (Å²) in [5.74, 6) is 5.28. The van der Waals surface area contributed by atoms with Crippen LogP contribution in [-0.4, -0.2) is 29.5 Å². The van der Waals surface area contributed by atoms with Crippen molar-refractivity contribution in [2.45, 2.75) is 24.0 Å². The van der Waals surface area contributed by atoms with E-state index in [4.69, 9.17) is 28.9 Å². The van der Waals surface area contributed by atoms with Gasteiger partial charge in [0.25, 0.3) is 0 Å². The van der Waals surface area contributed by atoms with Crippen molar-refractivity contribution in [2.75, 3.05) is 16.3 Å². The summed E-state index contributed by atoms with van der Waals surface area (Å²) < 4.78 is 0. The van der Waals surface area contributed by atoms with E-state index in [0.29, 0.717) is 28.0 Å². The van der Waals surface area contributed by atoms with E-state index in [2.05, 4.69) is 11.8 Å². The van der Waals surface area contributed by atoms with Gasteiger partial charge in [0.15, 0.2) is 0 Å². The van der Waals surface area contributed by atoms with E-state index in [1.807, 2.05) is 61.5 Å². The van der Waals surface area contributed by atoms with Gasteiger partial charge in [-0.15, -0.1) is 11.8 Å².